The number of nitrogens with zero attached hydrogens (tertiary/aromatic N) is 4. The van der Waals surface area contributed by atoms with E-state index >= 15 is 0 Å². The minimum atomic E-state index is -0.565. The average Bonchev–Trinajstić information content (AvgIpc) is 2.49. The molecule has 2 N–H and O–H groups in total. The van der Waals surface area contributed by atoms with E-state index in [1.54, 1.807) is 0 Å². The van der Waals surface area contributed by atoms with Gasteiger partial charge in [0.1, 0.15) is 14.5 Å². The molecule has 0 heterocycles. The second-order valence-electron chi connectivity index (χ2n) is 4.39. The number of amides is 1. The number of rotatable bonds is 7. The molecule has 0 aromatic heterocycles. The summed E-state index contributed by atoms with van der Waals surface area (Å²) in [6.45, 7) is 0.590. The van der Waals surface area contributed by atoms with Gasteiger partial charge in [-0.2, -0.15) is 0 Å². The summed E-state index contributed by atoms with van der Waals surface area (Å²) < 4.78 is 5.12. The van der Waals surface area contributed by atoms with Crippen molar-refractivity contribution in [3.05, 3.63) is 46.3 Å². The third-order valence-corrected chi connectivity index (χ3v) is 2.83. The number of nitrogens with two attached hydrogens (primary N) is 1. The van der Waals surface area contributed by atoms with Crippen LogP contribution < -0.4 is 5.84 Å². The number of azide groups is 1. The van der Waals surface area contributed by atoms with E-state index < -0.39 is 6.09 Å². The molecule has 0 aliphatic heterocycles. The van der Waals surface area contributed by atoms with Gasteiger partial charge in [0.05, 0.1) is 0 Å². The first-order chi connectivity index (χ1) is 9.65. The highest BCUT2D eigenvalue weighted by Crippen LogP contribution is 2.05. The van der Waals surface area contributed by atoms with Crippen LogP contribution in [0.4, 0.5) is 4.79 Å². The molecule has 8 heteroatoms. The van der Waals surface area contributed by atoms with Gasteiger partial charge in [-0.25, -0.2) is 10.6 Å². The summed E-state index contributed by atoms with van der Waals surface area (Å²) in [6, 6.07) is 9.39. The molecule has 0 saturated carbocycles. The third kappa shape index (κ3) is 5.64. The Morgan fingerprint density at radius 3 is 2.85 bits per heavy atom. The fourth-order valence-corrected chi connectivity index (χ4v) is 1.62. The predicted octanol–water partition coefficient (Wildman–Crippen LogP) is 1.55. The molecule has 0 saturated heterocycles. The maximum atomic E-state index is 11.7. The Labute approximate surface area is 118 Å². The quantitative estimate of drug-likeness (QED) is 0.119. The molecule has 0 fully saturated rings. The van der Waals surface area contributed by atoms with E-state index in [9.17, 15) is 4.79 Å². The second kappa shape index (κ2) is 8.85. The first-order valence-electron chi connectivity index (χ1n) is 6.40. The van der Waals surface area contributed by atoms with E-state index in [2.05, 4.69) is 10.0 Å². The number of hydrazine groups is 1. The Bertz CT molecular complexity index is 464. The third-order valence-electron chi connectivity index (χ3n) is 2.83. The lowest BCUT2D eigenvalue weighted by Gasteiger charge is -2.23. The molecule has 0 unspecified atom stereocenters. The maximum absolute atomic E-state index is 11.7. The Kier molecular flexibility index (Phi) is 7.02. The minimum absolute atomic E-state index is 0.174. The van der Waals surface area contributed by atoms with Crippen LogP contribution in [0, 0.1) is 0 Å². The molecule has 7 nitrogen and oxygen atoms in total. The largest absolute Gasteiger partial charge is 0.444 e. The highest BCUT2D eigenvalue weighted by Gasteiger charge is 2.17. The van der Waals surface area contributed by atoms with Gasteiger partial charge < -0.3 is 4.74 Å². The summed E-state index contributed by atoms with van der Waals surface area (Å²) in [7, 11) is 1.82. The summed E-state index contributed by atoms with van der Waals surface area (Å²) in [5, 5.41) is 4.50. The van der Waals surface area contributed by atoms with Crippen molar-refractivity contribution >= 4 is 13.9 Å². The van der Waals surface area contributed by atoms with Crippen LogP contribution in [0.1, 0.15) is 18.4 Å². The highest BCUT2D eigenvalue weighted by atomic mass is 16.6. The van der Waals surface area contributed by atoms with Crippen molar-refractivity contribution in [3.8, 4) is 0 Å². The fraction of sp³-hybridized carbons (Fsp3) is 0.417. The molecule has 0 aliphatic rings. The van der Waals surface area contributed by atoms with Crippen LogP contribution in [0.5, 0.6) is 0 Å². The van der Waals surface area contributed by atoms with E-state index in [0.29, 0.717) is 19.4 Å². The standard InChI is InChI=1S/C12H18BN5O2/c13-11(7-4-8-16-17-14)18(15)12(19)20-9-10-5-2-1-3-6-10/h1-3,5-6,11H,4,7-9,13,15H2/t11-/m0/s1. The first-order valence-corrected chi connectivity index (χ1v) is 6.40. The van der Waals surface area contributed by atoms with Crippen LogP contribution in [0.25, 0.3) is 10.4 Å². The van der Waals surface area contributed by atoms with Crippen molar-refractivity contribution in [1.29, 1.82) is 0 Å². The van der Waals surface area contributed by atoms with Gasteiger partial charge in [-0.05, 0) is 23.9 Å². The predicted molar refractivity (Wildman–Crippen MR) is 78.2 cm³/mol. The fourth-order valence-electron chi connectivity index (χ4n) is 1.62. The molecule has 0 radical (unpaired) electrons. The number of carbonyl (C=O) groups excluding carboxylic acids is 1. The molecule has 1 amide bonds. The van der Waals surface area contributed by atoms with Crippen molar-refractivity contribution in [2.45, 2.75) is 25.4 Å². The smallest absolute Gasteiger partial charge is 0.423 e. The molecular formula is C12H18BN5O2. The Morgan fingerprint density at radius 1 is 1.50 bits per heavy atom. The van der Waals surface area contributed by atoms with E-state index in [1.165, 1.54) is 0 Å². The summed E-state index contributed by atoms with van der Waals surface area (Å²) in [4.78, 5) is 14.4. The number of ether oxygens (including phenoxy) is 1. The van der Waals surface area contributed by atoms with Crippen LogP contribution >= 0.6 is 0 Å². The molecule has 0 aliphatic carbocycles. The molecular weight excluding hydrogens is 257 g/mol. The average molecular weight is 275 g/mol. The molecule has 20 heavy (non-hydrogen) atoms. The van der Waals surface area contributed by atoms with Crippen LogP contribution in [0.3, 0.4) is 0 Å². The van der Waals surface area contributed by atoms with Gasteiger partial charge in [-0.3, -0.25) is 5.01 Å². The molecule has 1 aromatic carbocycles. The van der Waals surface area contributed by atoms with Crippen molar-refractivity contribution in [3.63, 3.8) is 0 Å². The lowest BCUT2D eigenvalue weighted by atomic mass is 9.91. The zero-order valence-electron chi connectivity index (χ0n) is 11.5. The molecule has 0 bridgehead atoms. The highest BCUT2D eigenvalue weighted by molar-refractivity contribution is 6.12. The number of hydrogen-bond donors (Lipinski definition) is 1. The van der Waals surface area contributed by atoms with Gasteiger partial charge in [0.25, 0.3) is 0 Å². The number of benzene rings is 1. The SMILES string of the molecule is B[C@H](CCCN=[N+]=[N-])N(N)C(=O)OCc1ccccc1. The van der Waals surface area contributed by atoms with Crippen LogP contribution in [-0.2, 0) is 11.3 Å². The normalized spacial score (nSPS) is 11.2. The summed E-state index contributed by atoms with van der Waals surface area (Å²) >= 11 is 0. The first kappa shape index (κ1) is 15.9. The monoisotopic (exact) mass is 275 g/mol. The zero-order valence-corrected chi connectivity index (χ0v) is 11.5. The molecule has 106 valence electrons. The van der Waals surface area contributed by atoms with Crippen LogP contribution in [0.15, 0.2) is 35.4 Å². The van der Waals surface area contributed by atoms with Gasteiger partial charge in [0.15, 0.2) is 0 Å². The van der Waals surface area contributed by atoms with E-state index in [4.69, 9.17) is 16.1 Å². The summed E-state index contributed by atoms with van der Waals surface area (Å²) in [5.41, 5.74) is 9.06. The van der Waals surface area contributed by atoms with Crippen molar-refractivity contribution < 1.29 is 9.53 Å². The molecule has 0 spiro atoms. The van der Waals surface area contributed by atoms with Gasteiger partial charge in [-0.15, -0.1) is 0 Å². The number of hydrogen-bond acceptors (Lipinski definition) is 4. The molecule has 1 rings (SSSR count). The summed E-state index contributed by atoms with van der Waals surface area (Å²) in [5.74, 6) is 5.52. The zero-order chi connectivity index (χ0) is 14.8. The lowest BCUT2D eigenvalue weighted by Crippen LogP contribution is -2.46. The second-order valence-corrected chi connectivity index (χ2v) is 4.39. The minimum Gasteiger partial charge on any atom is -0.444 e. The van der Waals surface area contributed by atoms with E-state index in [-0.39, 0.29) is 12.5 Å². The van der Waals surface area contributed by atoms with Crippen molar-refractivity contribution in [2.75, 3.05) is 6.54 Å². The lowest BCUT2D eigenvalue weighted by molar-refractivity contribution is 0.0903. The van der Waals surface area contributed by atoms with Crippen LogP contribution in [-0.4, -0.2) is 31.4 Å². The maximum Gasteiger partial charge on any atom is 0.423 e. The van der Waals surface area contributed by atoms with Crippen LogP contribution in [0.2, 0.25) is 0 Å². The Balaban J connectivity index is 2.32. The molecule has 1 aromatic rings. The van der Waals surface area contributed by atoms with Gasteiger partial charge >= 0.3 is 6.09 Å². The Morgan fingerprint density at radius 2 is 2.20 bits per heavy atom. The van der Waals surface area contributed by atoms with E-state index in [1.807, 2.05) is 38.2 Å². The van der Waals surface area contributed by atoms with Crippen molar-refractivity contribution in [2.24, 2.45) is 11.0 Å². The van der Waals surface area contributed by atoms with Gasteiger partial charge in [0, 0.05) is 17.4 Å². The summed E-state index contributed by atoms with van der Waals surface area (Å²) in [6.07, 6.45) is 0.756. The number of carbonyl (C=O) groups is 1. The van der Waals surface area contributed by atoms with Gasteiger partial charge in [0.2, 0.25) is 0 Å². The van der Waals surface area contributed by atoms with Gasteiger partial charge in [-0.1, -0.05) is 35.4 Å². The topological polar surface area (TPSA) is 104 Å². The Hall–Kier alpha value is -2.18. The molecule has 1 atom stereocenters. The van der Waals surface area contributed by atoms with E-state index in [0.717, 1.165) is 10.6 Å². The van der Waals surface area contributed by atoms with Crippen molar-refractivity contribution in [1.82, 2.24) is 5.01 Å².